The normalized spacial score (nSPS) is 11.2. The van der Waals surface area contributed by atoms with Crippen LogP contribution in [0.3, 0.4) is 0 Å². The summed E-state index contributed by atoms with van der Waals surface area (Å²) in [4.78, 5) is 20.9. The van der Waals surface area contributed by atoms with Crippen LogP contribution in [0.1, 0.15) is 42.8 Å². The summed E-state index contributed by atoms with van der Waals surface area (Å²) in [5.74, 6) is 1.34. The Kier molecular flexibility index (Phi) is 6.23. The predicted molar refractivity (Wildman–Crippen MR) is 108 cm³/mol. The van der Waals surface area contributed by atoms with Crippen molar-refractivity contribution in [2.45, 2.75) is 53.6 Å². The quantitative estimate of drug-likeness (QED) is 0.652. The molecule has 28 heavy (non-hydrogen) atoms. The van der Waals surface area contributed by atoms with Crippen molar-refractivity contribution in [3.8, 4) is 5.82 Å². The first-order valence-electron chi connectivity index (χ1n) is 9.67. The lowest BCUT2D eigenvalue weighted by atomic mass is 10.1. The number of aromatic nitrogens is 5. The van der Waals surface area contributed by atoms with E-state index in [9.17, 15) is 4.79 Å². The Balaban J connectivity index is 1.59. The lowest BCUT2D eigenvalue weighted by Gasteiger charge is -2.10. The molecule has 0 spiro atoms. The van der Waals surface area contributed by atoms with Gasteiger partial charge in [0.15, 0.2) is 0 Å². The standard InChI is InChI=1S/C21H28N6O/c1-15(2)13-27-17(4)19(16(3)25-27)7-8-20(28)24-12-18-6-5-9-23-21(18)26-11-10-22-14-26/h5-6,9-11,14-15H,7-8,12-13H2,1-4H3,(H,24,28). The van der Waals surface area contributed by atoms with E-state index in [-0.39, 0.29) is 5.91 Å². The Hall–Kier alpha value is -2.96. The average Bonchev–Trinajstić information content (AvgIpc) is 3.28. The number of imidazole rings is 1. The maximum absolute atomic E-state index is 12.4. The molecule has 148 valence electrons. The smallest absolute Gasteiger partial charge is 0.220 e. The Labute approximate surface area is 165 Å². The van der Waals surface area contributed by atoms with E-state index in [1.165, 1.54) is 5.56 Å². The lowest BCUT2D eigenvalue weighted by molar-refractivity contribution is -0.121. The summed E-state index contributed by atoms with van der Waals surface area (Å²) in [6.07, 6.45) is 8.13. The molecule has 3 aromatic rings. The fourth-order valence-corrected chi connectivity index (χ4v) is 3.33. The molecule has 7 heteroatoms. The number of nitrogens with zero attached hydrogens (tertiary/aromatic N) is 5. The molecule has 1 amide bonds. The summed E-state index contributed by atoms with van der Waals surface area (Å²) in [5, 5.41) is 7.64. The van der Waals surface area contributed by atoms with Gasteiger partial charge in [0.2, 0.25) is 5.91 Å². The number of rotatable bonds is 8. The molecular formula is C21H28N6O. The van der Waals surface area contributed by atoms with Crippen LogP contribution in [0.25, 0.3) is 5.82 Å². The molecule has 7 nitrogen and oxygen atoms in total. The van der Waals surface area contributed by atoms with Crippen LogP contribution in [0.2, 0.25) is 0 Å². The van der Waals surface area contributed by atoms with Crippen LogP contribution >= 0.6 is 0 Å². The molecule has 1 N–H and O–H groups in total. The van der Waals surface area contributed by atoms with Gasteiger partial charge in [0.25, 0.3) is 0 Å². The van der Waals surface area contributed by atoms with Crippen LogP contribution in [0.15, 0.2) is 37.1 Å². The minimum Gasteiger partial charge on any atom is -0.352 e. The zero-order chi connectivity index (χ0) is 20.1. The first-order valence-corrected chi connectivity index (χ1v) is 9.67. The second-order valence-electron chi connectivity index (χ2n) is 7.46. The van der Waals surface area contributed by atoms with Crippen molar-refractivity contribution in [3.05, 3.63) is 59.6 Å². The highest BCUT2D eigenvalue weighted by Crippen LogP contribution is 2.17. The number of aryl methyl sites for hydroxylation is 1. The molecule has 0 aliphatic carbocycles. The van der Waals surface area contributed by atoms with E-state index in [1.54, 1.807) is 18.7 Å². The molecular weight excluding hydrogens is 352 g/mol. The second-order valence-corrected chi connectivity index (χ2v) is 7.46. The highest BCUT2D eigenvalue weighted by molar-refractivity contribution is 5.76. The summed E-state index contributed by atoms with van der Waals surface area (Å²) in [6, 6.07) is 3.84. The molecule has 0 unspecified atom stereocenters. The van der Waals surface area contributed by atoms with Gasteiger partial charge >= 0.3 is 0 Å². The van der Waals surface area contributed by atoms with Gasteiger partial charge in [-0.15, -0.1) is 0 Å². The van der Waals surface area contributed by atoms with Crippen LogP contribution in [-0.4, -0.2) is 30.2 Å². The van der Waals surface area contributed by atoms with Crippen molar-refractivity contribution in [3.63, 3.8) is 0 Å². The molecule has 3 aromatic heterocycles. The van der Waals surface area contributed by atoms with Crippen LogP contribution in [-0.2, 0) is 24.3 Å². The summed E-state index contributed by atoms with van der Waals surface area (Å²) in [6.45, 7) is 9.80. The zero-order valence-electron chi connectivity index (χ0n) is 17.0. The number of hydrogen-bond donors (Lipinski definition) is 1. The van der Waals surface area contributed by atoms with Gasteiger partial charge in [-0.05, 0) is 37.8 Å². The topological polar surface area (TPSA) is 77.6 Å². The monoisotopic (exact) mass is 380 g/mol. The molecule has 0 atom stereocenters. The van der Waals surface area contributed by atoms with Crippen molar-refractivity contribution in [2.75, 3.05) is 0 Å². The number of hydrogen-bond acceptors (Lipinski definition) is 4. The largest absolute Gasteiger partial charge is 0.352 e. The first kappa shape index (κ1) is 19.8. The Morgan fingerprint density at radius 2 is 2.07 bits per heavy atom. The molecule has 0 aromatic carbocycles. The van der Waals surface area contributed by atoms with Gasteiger partial charge < -0.3 is 5.32 Å². The van der Waals surface area contributed by atoms with E-state index in [0.29, 0.717) is 25.3 Å². The molecule has 0 saturated heterocycles. The molecule has 0 saturated carbocycles. The number of pyridine rings is 1. The third-order valence-corrected chi connectivity index (χ3v) is 4.76. The van der Waals surface area contributed by atoms with Crippen LogP contribution in [0.4, 0.5) is 0 Å². The van der Waals surface area contributed by atoms with E-state index in [0.717, 1.165) is 29.3 Å². The summed E-state index contributed by atoms with van der Waals surface area (Å²) >= 11 is 0. The van der Waals surface area contributed by atoms with Crippen molar-refractivity contribution in [2.24, 2.45) is 5.92 Å². The number of carbonyl (C=O) groups is 1. The maximum Gasteiger partial charge on any atom is 0.220 e. The molecule has 0 bridgehead atoms. The van der Waals surface area contributed by atoms with E-state index >= 15 is 0 Å². The van der Waals surface area contributed by atoms with Gasteiger partial charge in [-0.25, -0.2) is 9.97 Å². The van der Waals surface area contributed by atoms with Crippen molar-refractivity contribution in [1.29, 1.82) is 0 Å². The second kappa shape index (κ2) is 8.82. The van der Waals surface area contributed by atoms with Crippen LogP contribution < -0.4 is 5.32 Å². The fraction of sp³-hybridized carbons (Fsp3) is 0.429. The van der Waals surface area contributed by atoms with Crippen LogP contribution in [0.5, 0.6) is 0 Å². The highest BCUT2D eigenvalue weighted by Gasteiger charge is 2.14. The average molecular weight is 380 g/mol. The summed E-state index contributed by atoms with van der Waals surface area (Å²) in [7, 11) is 0. The van der Waals surface area contributed by atoms with Gasteiger partial charge in [0, 0.05) is 49.4 Å². The molecule has 0 aliphatic heterocycles. The molecule has 0 radical (unpaired) electrons. The van der Waals surface area contributed by atoms with E-state index in [2.05, 4.69) is 45.8 Å². The number of nitrogens with one attached hydrogen (secondary N) is 1. The predicted octanol–water partition coefficient (Wildman–Crippen LogP) is 2.99. The third kappa shape index (κ3) is 4.65. The van der Waals surface area contributed by atoms with Gasteiger partial charge in [-0.1, -0.05) is 19.9 Å². The number of amides is 1. The lowest BCUT2D eigenvalue weighted by Crippen LogP contribution is -2.24. The van der Waals surface area contributed by atoms with Crippen molar-refractivity contribution >= 4 is 5.91 Å². The van der Waals surface area contributed by atoms with Crippen molar-refractivity contribution in [1.82, 2.24) is 29.6 Å². The minimum atomic E-state index is 0.0239. The van der Waals surface area contributed by atoms with Gasteiger partial charge in [0.05, 0.1) is 5.69 Å². The molecule has 0 aliphatic rings. The molecule has 3 rings (SSSR count). The fourth-order valence-electron chi connectivity index (χ4n) is 3.33. The highest BCUT2D eigenvalue weighted by atomic mass is 16.1. The Morgan fingerprint density at radius 3 is 2.79 bits per heavy atom. The third-order valence-electron chi connectivity index (χ3n) is 4.76. The Bertz CT molecular complexity index is 927. The summed E-state index contributed by atoms with van der Waals surface area (Å²) in [5.41, 5.74) is 4.30. The Morgan fingerprint density at radius 1 is 1.25 bits per heavy atom. The molecule has 3 heterocycles. The van der Waals surface area contributed by atoms with Gasteiger partial charge in [-0.3, -0.25) is 14.0 Å². The number of carbonyl (C=O) groups excluding carboxylic acids is 1. The van der Waals surface area contributed by atoms with Gasteiger partial charge in [-0.2, -0.15) is 5.10 Å². The maximum atomic E-state index is 12.4. The zero-order valence-corrected chi connectivity index (χ0v) is 17.0. The van der Waals surface area contributed by atoms with E-state index in [4.69, 9.17) is 0 Å². The summed E-state index contributed by atoms with van der Waals surface area (Å²) < 4.78 is 3.90. The minimum absolute atomic E-state index is 0.0239. The van der Waals surface area contributed by atoms with Crippen LogP contribution in [0, 0.1) is 19.8 Å². The van der Waals surface area contributed by atoms with E-state index < -0.39 is 0 Å². The SMILES string of the molecule is Cc1nn(CC(C)C)c(C)c1CCC(=O)NCc1cccnc1-n1ccnc1. The van der Waals surface area contributed by atoms with Crippen molar-refractivity contribution < 1.29 is 4.79 Å². The van der Waals surface area contributed by atoms with Gasteiger partial charge in [0.1, 0.15) is 12.1 Å². The molecule has 0 fully saturated rings. The first-order chi connectivity index (χ1) is 13.5. The van der Waals surface area contributed by atoms with E-state index in [1.807, 2.05) is 29.8 Å².